The monoisotopic (exact) mass is 319 g/mol. The highest BCUT2D eigenvalue weighted by atomic mass is 16.6. The van der Waals surface area contributed by atoms with Gasteiger partial charge in [0.25, 0.3) is 11.6 Å². The summed E-state index contributed by atoms with van der Waals surface area (Å²) in [6.07, 6.45) is 0. The van der Waals surface area contributed by atoms with Crippen molar-refractivity contribution in [1.82, 2.24) is 5.16 Å². The summed E-state index contributed by atoms with van der Waals surface area (Å²) in [5.74, 6) is -0.702. The molecule has 1 amide bonds. The van der Waals surface area contributed by atoms with Gasteiger partial charge >= 0.3 is 5.97 Å². The van der Waals surface area contributed by atoms with Crippen LogP contribution in [0.15, 0.2) is 28.8 Å². The quantitative estimate of drug-likeness (QED) is 0.507. The minimum Gasteiger partial charge on any atom is -0.452 e. The molecule has 0 aliphatic rings. The summed E-state index contributed by atoms with van der Waals surface area (Å²) in [5.41, 5.74) is 0.0151. The van der Waals surface area contributed by atoms with E-state index in [1.165, 1.54) is 31.2 Å². The van der Waals surface area contributed by atoms with Crippen LogP contribution < -0.4 is 5.32 Å². The van der Waals surface area contributed by atoms with E-state index in [4.69, 9.17) is 9.26 Å². The van der Waals surface area contributed by atoms with Gasteiger partial charge in [-0.15, -0.1) is 0 Å². The number of nitrogens with one attached hydrogen (secondary N) is 1. The van der Waals surface area contributed by atoms with Gasteiger partial charge in [-0.1, -0.05) is 11.2 Å². The number of hydrogen-bond donors (Lipinski definition) is 1. The molecule has 0 radical (unpaired) electrons. The molecule has 0 bridgehead atoms. The molecule has 120 valence electrons. The lowest BCUT2D eigenvalue weighted by atomic mass is 10.1. The Morgan fingerprint density at radius 2 is 2.13 bits per heavy atom. The number of ether oxygens (including phenoxy) is 1. The van der Waals surface area contributed by atoms with Crippen LogP contribution in [0.1, 0.15) is 21.7 Å². The molecule has 9 nitrogen and oxygen atoms in total. The van der Waals surface area contributed by atoms with Crippen LogP contribution in [-0.2, 0) is 9.53 Å². The average Bonchev–Trinajstić information content (AvgIpc) is 2.89. The van der Waals surface area contributed by atoms with Gasteiger partial charge in [0.15, 0.2) is 12.4 Å². The fraction of sp³-hybridized carbons (Fsp3) is 0.214. The van der Waals surface area contributed by atoms with Gasteiger partial charge in [-0.25, -0.2) is 4.79 Å². The highest BCUT2D eigenvalue weighted by Gasteiger charge is 2.19. The average molecular weight is 319 g/mol. The number of aryl methyl sites for hydroxylation is 1. The number of aromatic nitrogens is 1. The molecule has 1 heterocycles. The van der Waals surface area contributed by atoms with Crippen LogP contribution in [0.2, 0.25) is 0 Å². The molecule has 0 aliphatic carbocycles. The van der Waals surface area contributed by atoms with Gasteiger partial charge in [-0.05, 0) is 19.9 Å². The number of esters is 1. The van der Waals surface area contributed by atoms with Crippen LogP contribution >= 0.6 is 0 Å². The second-order valence-corrected chi connectivity index (χ2v) is 4.65. The molecular weight excluding hydrogens is 306 g/mol. The maximum absolute atomic E-state index is 11.9. The summed E-state index contributed by atoms with van der Waals surface area (Å²) >= 11 is 0. The fourth-order valence-electron chi connectivity index (χ4n) is 1.86. The number of carbonyl (C=O) groups is 2. The number of nitro groups is 1. The highest BCUT2D eigenvalue weighted by Crippen LogP contribution is 2.21. The summed E-state index contributed by atoms with van der Waals surface area (Å²) in [6, 6.07) is 5.56. The van der Waals surface area contributed by atoms with E-state index in [1.807, 2.05) is 0 Å². The smallest absolute Gasteiger partial charge is 0.339 e. The fourth-order valence-corrected chi connectivity index (χ4v) is 1.86. The maximum atomic E-state index is 11.9. The predicted molar refractivity (Wildman–Crippen MR) is 78.0 cm³/mol. The van der Waals surface area contributed by atoms with Crippen LogP contribution in [0.4, 0.5) is 11.5 Å². The first-order chi connectivity index (χ1) is 10.9. The van der Waals surface area contributed by atoms with E-state index in [-0.39, 0.29) is 22.6 Å². The molecule has 9 heteroatoms. The molecular formula is C14H13N3O6. The molecule has 2 rings (SSSR count). The lowest BCUT2D eigenvalue weighted by Gasteiger charge is -2.07. The van der Waals surface area contributed by atoms with Gasteiger partial charge in [0.2, 0.25) is 0 Å². The number of nitrogens with zero attached hydrogens (tertiary/aromatic N) is 2. The Labute approximate surface area is 130 Å². The molecule has 23 heavy (non-hydrogen) atoms. The third kappa shape index (κ3) is 3.90. The first-order valence-corrected chi connectivity index (χ1v) is 6.53. The molecule has 1 aromatic carbocycles. The molecule has 0 spiro atoms. The van der Waals surface area contributed by atoms with E-state index in [1.54, 1.807) is 6.92 Å². The largest absolute Gasteiger partial charge is 0.452 e. The van der Waals surface area contributed by atoms with Crippen molar-refractivity contribution in [2.24, 2.45) is 0 Å². The Morgan fingerprint density at radius 3 is 2.74 bits per heavy atom. The van der Waals surface area contributed by atoms with Crippen molar-refractivity contribution in [1.29, 1.82) is 0 Å². The molecule has 0 saturated heterocycles. The van der Waals surface area contributed by atoms with E-state index < -0.39 is 23.4 Å². The molecule has 0 saturated carbocycles. The Morgan fingerprint density at radius 1 is 1.39 bits per heavy atom. The Hall–Kier alpha value is -3.23. The van der Waals surface area contributed by atoms with E-state index in [0.717, 1.165) is 0 Å². The van der Waals surface area contributed by atoms with Crippen LogP contribution in [0.25, 0.3) is 0 Å². The molecule has 0 unspecified atom stereocenters. The third-order valence-corrected chi connectivity index (χ3v) is 2.95. The Balaban J connectivity index is 1.98. The first kappa shape index (κ1) is 16.1. The SMILES string of the molecule is Cc1cc(NC(=O)COC(=O)c2cccc([N+](=O)[O-])c2C)no1. The van der Waals surface area contributed by atoms with Crippen molar-refractivity contribution in [3.05, 3.63) is 51.3 Å². The summed E-state index contributed by atoms with van der Waals surface area (Å²) in [7, 11) is 0. The lowest BCUT2D eigenvalue weighted by Crippen LogP contribution is -2.21. The Bertz CT molecular complexity index is 768. The zero-order valence-electron chi connectivity index (χ0n) is 12.4. The molecule has 1 aromatic heterocycles. The summed E-state index contributed by atoms with van der Waals surface area (Å²) in [6.45, 7) is 2.55. The van der Waals surface area contributed by atoms with Crippen molar-refractivity contribution in [3.63, 3.8) is 0 Å². The second-order valence-electron chi connectivity index (χ2n) is 4.65. The number of rotatable bonds is 5. The third-order valence-electron chi connectivity index (χ3n) is 2.95. The Kier molecular flexibility index (Phi) is 4.69. The topological polar surface area (TPSA) is 125 Å². The van der Waals surface area contributed by atoms with Gasteiger partial charge in [0.05, 0.1) is 10.5 Å². The highest BCUT2D eigenvalue weighted by molar-refractivity contribution is 5.96. The normalized spacial score (nSPS) is 10.2. The zero-order chi connectivity index (χ0) is 17.0. The first-order valence-electron chi connectivity index (χ1n) is 6.53. The van der Waals surface area contributed by atoms with E-state index >= 15 is 0 Å². The number of nitro benzene ring substituents is 1. The lowest BCUT2D eigenvalue weighted by molar-refractivity contribution is -0.385. The number of carbonyl (C=O) groups excluding carboxylic acids is 2. The van der Waals surface area contributed by atoms with Gasteiger partial charge in [-0.3, -0.25) is 14.9 Å². The number of anilines is 1. The minimum absolute atomic E-state index is 0.0317. The van der Waals surface area contributed by atoms with E-state index in [2.05, 4.69) is 10.5 Å². The molecule has 1 N–H and O–H groups in total. The van der Waals surface area contributed by atoms with Crippen LogP contribution in [0, 0.1) is 24.0 Å². The van der Waals surface area contributed by atoms with Crippen molar-refractivity contribution in [2.45, 2.75) is 13.8 Å². The summed E-state index contributed by atoms with van der Waals surface area (Å²) in [5, 5.41) is 16.8. The van der Waals surface area contributed by atoms with E-state index in [0.29, 0.717) is 5.76 Å². The van der Waals surface area contributed by atoms with Gasteiger partial charge in [0, 0.05) is 17.7 Å². The molecule has 2 aromatic rings. The van der Waals surface area contributed by atoms with Crippen LogP contribution in [0.3, 0.4) is 0 Å². The number of hydrogen-bond acceptors (Lipinski definition) is 7. The number of benzene rings is 1. The van der Waals surface area contributed by atoms with Gasteiger partial charge in [-0.2, -0.15) is 0 Å². The predicted octanol–water partition coefficient (Wildman–Crippen LogP) is 2.00. The van der Waals surface area contributed by atoms with Gasteiger partial charge in [0.1, 0.15) is 5.76 Å². The van der Waals surface area contributed by atoms with Crippen molar-refractivity contribution < 1.29 is 23.8 Å². The van der Waals surface area contributed by atoms with Crippen LogP contribution in [-0.4, -0.2) is 28.6 Å². The van der Waals surface area contributed by atoms with E-state index in [9.17, 15) is 19.7 Å². The van der Waals surface area contributed by atoms with Crippen molar-refractivity contribution >= 4 is 23.4 Å². The second kappa shape index (κ2) is 6.69. The van der Waals surface area contributed by atoms with Crippen molar-refractivity contribution in [2.75, 3.05) is 11.9 Å². The molecule has 0 atom stereocenters. The standard InChI is InChI=1S/C14H13N3O6/c1-8-6-12(16-23-8)15-13(18)7-22-14(19)10-4-3-5-11(9(10)2)17(20)21/h3-6H,7H2,1-2H3,(H,15,16,18). The van der Waals surface area contributed by atoms with Crippen LogP contribution in [0.5, 0.6) is 0 Å². The van der Waals surface area contributed by atoms with Gasteiger partial charge < -0.3 is 14.6 Å². The van der Waals surface area contributed by atoms with Crippen molar-refractivity contribution in [3.8, 4) is 0 Å². The summed E-state index contributed by atoms with van der Waals surface area (Å²) in [4.78, 5) is 33.8. The number of amides is 1. The molecule has 0 aliphatic heterocycles. The molecule has 0 fully saturated rings. The minimum atomic E-state index is -0.822. The maximum Gasteiger partial charge on any atom is 0.339 e. The zero-order valence-corrected chi connectivity index (χ0v) is 12.4. The summed E-state index contributed by atoms with van der Waals surface area (Å²) < 4.78 is 9.63.